The number of benzene rings is 3. The van der Waals surface area contributed by atoms with Gasteiger partial charge in [0.25, 0.3) is 0 Å². The molecule has 0 radical (unpaired) electrons. The van der Waals surface area contributed by atoms with Crippen LogP contribution >= 0.6 is 15.9 Å². The molecule has 0 unspecified atom stereocenters. The Kier molecular flexibility index (Phi) is 8.12. The first-order valence-corrected chi connectivity index (χ1v) is 11.2. The maximum Gasteiger partial charge on any atom is 0.513 e. The number of rotatable bonds is 8. The Bertz CT molecular complexity index is 1080. The highest BCUT2D eigenvalue weighted by Crippen LogP contribution is 2.45. The molecule has 0 saturated carbocycles. The summed E-state index contributed by atoms with van der Waals surface area (Å²) in [6.07, 6.45) is 1.79. The Morgan fingerprint density at radius 1 is 0.742 bits per heavy atom. The van der Waals surface area contributed by atoms with Gasteiger partial charge in [-0.2, -0.15) is 0 Å². The molecule has 0 aliphatic rings. The summed E-state index contributed by atoms with van der Waals surface area (Å²) in [7, 11) is 0. The summed E-state index contributed by atoms with van der Waals surface area (Å²) in [5, 5.41) is 2.45. The van der Waals surface area contributed by atoms with Crippen molar-refractivity contribution in [1.29, 1.82) is 0 Å². The molecule has 0 N–H and O–H groups in total. The minimum Gasteiger partial charge on any atom is -0.434 e. The van der Waals surface area contributed by atoms with Crippen molar-refractivity contribution in [3.8, 4) is 11.5 Å². The van der Waals surface area contributed by atoms with Gasteiger partial charge in [-0.15, -0.1) is 0 Å². The van der Waals surface area contributed by atoms with Crippen LogP contribution in [0.1, 0.15) is 39.5 Å². The van der Waals surface area contributed by atoms with E-state index in [2.05, 4.69) is 15.9 Å². The molecule has 0 amide bonds. The second-order valence-corrected chi connectivity index (χ2v) is 7.83. The van der Waals surface area contributed by atoms with Crippen molar-refractivity contribution in [2.75, 3.05) is 13.2 Å². The molecule has 0 aromatic heterocycles. The molecule has 0 heterocycles. The zero-order valence-corrected chi connectivity index (χ0v) is 19.2. The van der Waals surface area contributed by atoms with Crippen LogP contribution in [0.4, 0.5) is 9.59 Å². The number of hydrogen-bond donors (Lipinski definition) is 0. The van der Waals surface area contributed by atoms with Gasteiger partial charge in [0, 0.05) is 26.0 Å². The third-order valence-electron chi connectivity index (χ3n) is 4.71. The van der Waals surface area contributed by atoms with Gasteiger partial charge >= 0.3 is 12.3 Å². The van der Waals surface area contributed by atoms with Crippen molar-refractivity contribution in [3.05, 3.63) is 46.9 Å². The molecule has 3 aromatic carbocycles. The largest absolute Gasteiger partial charge is 0.513 e. The summed E-state index contributed by atoms with van der Waals surface area (Å²) < 4.78 is 22.3. The van der Waals surface area contributed by atoms with Crippen molar-refractivity contribution >= 4 is 49.8 Å². The van der Waals surface area contributed by atoms with Gasteiger partial charge in [0.05, 0.1) is 13.2 Å². The van der Waals surface area contributed by atoms with Crippen molar-refractivity contribution in [2.24, 2.45) is 0 Å². The van der Waals surface area contributed by atoms with Crippen LogP contribution in [0.15, 0.2) is 46.9 Å². The number of carbonyl (C=O) groups is 2. The van der Waals surface area contributed by atoms with Crippen LogP contribution in [0.3, 0.4) is 0 Å². The fourth-order valence-corrected chi connectivity index (χ4v) is 3.69. The maximum atomic E-state index is 12.3. The lowest BCUT2D eigenvalue weighted by Gasteiger charge is -2.17. The Labute approximate surface area is 189 Å². The molecule has 0 spiro atoms. The Morgan fingerprint density at radius 2 is 1.26 bits per heavy atom. The molecular weight excluding hydrogens is 464 g/mol. The van der Waals surface area contributed by atoms with Crippen LogP contribution in [0, 0.1) is 0 Å². The number of carbonyl (C=O) groups excluding carboxylic acids is 2. The van der Waals surface area contributed by atoms with E-state index >= 15 is 0 Å². The maximum absolute atomic E-state index is 12.3. The van der Waals surface area contributed by atoms with E-state index in [0.29, 0.717) is 44.1 Å². The van der Waals surface area contributed by atoms with E-state index in [4.69, 9.17) is 18.9 Å². The van der Waals surface area contributed by atoms with Gasteiger partial charge in [0.15, 0.2) is 11.5 Å². The lowest BCUT2D eigenvalue weighted by atomic mass is 10.0. The van der Waals surface area contributed by atoms with Crippen molar-refractivity contribution in [1.82, 2.24) is 0 Å². The summed E-state index contributed by atoms with van der Waals surface area (Å²) in [5.41, 5.74) is 0. The van der Waals surface area contributed by atoms with Gasteiger partial charge in [0.2, 0.25) is 0 Å². The molecule has 0 atom stereocenters. The second-order valence-electron chi connectivity index (χ2n) is 6.97. The van der Waals surface area contributed by atoms with Crippen LogP contribution in [0.25, 0.3) is 21.5 Å². The van der Waals surface area contributed by atoms with Crippen molar-refractivity contribution in [2.45, 2.75) is 39.5 Å². The van der Waals surface area contributed by atoms with E-state index in [9.17, 15) is 9.59 Å². The van der Waals surface area contributed by atoms with E-state index in [1.165, 1.54) is 0 Å². The first kappa shape index (κ1) is 22.9. The monoisotopic (exact) mass is 488 g/mol. The average Bonchev–Trinajstić information content (AvgIpc) is 2.76. The van der Waals surface area contributed by atoms with E-state index in [1.54, 1.807) is 18.2 Å². The summed E-state index contributed by atoms with van der Waals surface area (Å²) in [5.74, 6) is 0.686. The molecule has 7 heteroatoms. The fourth-order valence-electron chi connectivity index (χ4n) is 3.14. The Morgan fingerprint density at radius 3 is 1.84 bits per heavy atom. The SMILES string of the molecule is CCCCOC(=O)Oc1c2ccccc2c(OC(=O)OCCCC)c2c(Br)cccc12. The zero-order chi connectivity index (χ0) is 22.2. The first-order chi connectivity index (χ1) is 15.1. The molecule has 0 fully saturated rings. The standard InChI is InChI=1S/C24H25BrO6/c1-3-5-14-28-23(26)30-21-16-10-7-8-11-17(16)22(31-24(27)29-15-6-4-2)20-18(21)12-9-13-19(20)25/h7-13H,3-6,14-15H2,1-2H3. The number of unbranched alkanes of at least 4 members (excludes halogenated alkanes) is 2. The molecule has 3 rings (SSSR count). The molecule has 6 nitrogen and oxygen atoms in total. The van der Waals surface area contributed by atoms with E-state index in [1.807, 2.05) is 38.1 Å². The van der Waals surface area contributed by atoms with Gasteiger partial charge in [-0.05, 0) is 18.9 Å². The zero-order valence-electron chi connectivity index (χ0n) is 17.6. The highest BCUT2D eigenvalue weighted by atomic mass is 79.9. The number of hydrogen-bond acceptors (Lipinski definition) is 6. The minimum atomic E-state index is -0.775. The fraction of sp³-hybridized carbons (Fsp3) is 0.333. The third-order valence-corrected chi connectivity index (χ3v) is 5.37. The summed E-state index contributed by atoms with van der Waals surface area (Å²) in [6, 6.07) is 12.7. The van der Waals surface area contributed by atoms with Crippen molar-refractivity contribution in [3.63, 3.8) is 0 Å². The average molecular weight is 489 g/mol. The quantitative estimate of drug-likeness (QED) is 0.142. The van der Waals surface area contributed by atoms with Crippen LogP contribution in [0.5, 0.6) is 11.5 Å². The van der Waals surface area contributed by atoms with Gasteiger partial charge in [0.1, 0.15) is 0 Å². The second kappa shape index (κ2) is 11.0. The lowest BCUT2D eigenvalue weighted by Crippen LogP contribution is -2.14. The lowest BCUT2D eigenvalue weighted by molar-refractivity contribution is 0.0970. The van der Waals surface area contributed by atoms with Crippen LogP contribution in [0.2, 0.25) is 0 Å². The predicted molar refractivity (Wildman–Crippen MR) is 123 cm³/mol. The number of halogens is 1. The van der Waals surface area contributed by atoms with Gasteiger partial charge in [-0.1, -0.05) is 79.0 Å². The van der Waals surface area contributed by atoms with Crippen LogP contribution in [-0.4, -0.2) is 25.5 Å². The first-order valence-electron chi connectivity index (χ1n) is 10.4. The molecule has 31 heavy (non-hydrogen) atoms. The predicted octanol–water partition coefficient (Wildman–Crippen LogP) is 7.39. The normalized spacial score (nSPS) is 10.8. The highest BCUT2D eigenvalue weighted by Gasteiger charge is 2.22. The minimum absolute atomic E-state index is 0.289. The Hall–Kier alpha value is -2.80. The number of fused-ring (bicyclic) bond motifs is 2. The molecule has 0 bridgehead atoms. The third kappa shape index (κ3) is 5.47. The van der Waals surface area contributed by atoms with Crippen molar-refractivity contribution < 1.29 is 28.5 Å². The summed E-state index contributed by atoms with van der Waals surface area (Å²) in [6.45, 7) is 4.61. The molecule has 3 aromatic rings. The van der Waals surface area contributed by atoms with E-state index in [0.717, 1.165) is 25.7 Å². The Balaban J connectivity index is 2.08. The molecule has 0 aliphatic heterocycles. The smallest absolute Gasteiger partial charge is 0.434 e. The van der Waals surface area contributed by atoms with Gasteiger partial charge in [-0.25, -0.2) is 9.59 Å². The van der Waals surface area contributed by atoms with Gasteiger partial charge in [-0.3, -0.25) is 0 Å². The van der Waals surface area contributed by atoms with E-state index in [-0.39, 0.29) is 6.61 Å². The molecular formula is C24H25BrO6. The summed E-state index contributed by atoms with van der Waals surface area (Å²) >= 11 is 3.54. The van der Waals surface area contributed by atoms with Crippen LogP contribution in [-0.2, 0) is 9.47 Å². The molecule has 0 saturated heterocycles. The summed E-state index contributed by atoms with van der Waals surface area (Å²) in [4.78, 5) is 24.6. The topological polar surface area (TPSA) is 71.1 Å². The highest BCUT2D eigenvalue weighted by molar-refractivity contribution is 9.10. The molecule has 0 aliphatic carbocycles. The molecule has 164 valence electrons. The number of ether oxygens (including phenoxy) is 4. The van der Waals surface area contributed by atoms with Crippen LogP contribution < -0.4 is 9.47 Å². The van der Waals surface area contributed by atoms with Gasteiger partial charge < -0.3 is 18.9 Å². The van der Waals surface area contributed by atoms with E-state index < -0.39 is 12.3 Å².